The van der Waals surface area contributed by atoms with Crippen LogP contribution < -0.4 is 15.4 Å². The molecule has 1 aromatic heterocycles. The fraction of sp³-hybridized carbons (Fsp3) is 0.158. The Balaban J connectivity index is 1.67. The van der Waals surface area contributed by atoms with Gasteiger partial charge in [0.2, 0.25) is 5.91 Å². The van der Waals surface area contributed by atoms with Crippen LogP contribution in [-0.2, 0) is 16.8 Å². The predicted molar refractivity (Wildman–Crippen MR) is 93.3 cm³/mol. The van der Waals surface area contributed by atoms with Gasteiger partial charge in [0.15, 0.2) is 0 Å². The molecule has 3 aromatic rings. The molecule has 1 unspecified atom stereocenters. The van der Waals surface area contributed by atoms with Crippen LogP contribution in [0.2, 0.25) is 0 Å². The molecule has 0 fully saturated rings. The van der Waals surface area contributed by atoms with Crippen LogP contribution >= 0.6 is 0 Å². The topological polar surface area (TPSA) is 84.2 Å². The van der Waals surface area contributed by atoms with Crippen LogP contribution in [0, 0.1) is 0 Å². The summed E-state index contributed by atoms with van der Waals surface area (Å²) < 4.78 is 5.88. The standard InChI is InChI=1S/C19H16N4O2/c20-17-9-12(21-22-17)10-23-15-7-3-1-5-13(15)19(18(23)24)11-25-16-8-4-2-6-14(16)19/h1-9H,10-11H2,(H3,20,21,22). The zero-order valence-corrected chi connectivity index (χ0v) is 13.4. The fourth-order valence-corrected chi connectivity index (χ4v) is 3.92. The third kappa shape index (κ3) is 1.79. The van der Waals surface area contributed by atoms with E-state index in [4.69, 9.17) is 10.5 Å². The highest BCUT2D eigenvalue weighted by molar-refractivity contribution is 6.11. The van der Waals surface area contributed by atoms with Crippen molar-refractivity contribution in [3.8, 4) is 5.75 Å². The second kappa shape index (κ2) is 4.86. The van der Waals surface area contributed by atoms with Gasteiger partial charge in [0, 0.05) is 17.3 Å². The highest BCUT2D eigenvalue weighted by atomic mass is 16.5. The average molecular weight is 332 g/mol. The van der Waals surface area contributed by atoms with Gasteiger partial charge >= 0.3 is 0 Å². The number of hydrogen-bond acceptors (Lipinski definition) is 4. The van der Waals surface area contributed by atoms with E-state index in [1.165, 1.54) is 0 Å². The van der Waals surface area contributed by atoms with Crippen molar-refractivity contribution in [2.45, 2.75) is 12.0 Å². The van der Waals surface area contributed by atoms with Crippen molar-refractivity contribution in [1.29, 1.82) is 0 Å². The van der Waals surface area contributed by atoms with E-state index < -0.39 is 5.41 Å². The number of ether oxygens (including phenoxy) is 1. The summed E-state index contributed by atoms with van der Waals surface area (Å²) in [5.74, 6) is 1.21. The SMILES string of the molecule is Nc1cc(CN2C(=O)C3(COc4ccccc43)c3ccccc32)[nH]n1. The largest absolute Gasteiger partial charge is 0.491 e. The van der Waals surface area contributed by atoms with Crippen molar-refractivity contribution < 1.29 is 9.53 Å². The molecule has 0 saturated carbocycles. The van der Waals surface area contributed by atoms with E-state index >= 15 is 0 Å². The molecule has 3 N–H and O–H groups in total. The Morgan fingerprint density at radius 3 is 2.72 bits per heavy atom. The number of carbonyl (C=O) groups is 1. The number of fused-ring (bicyclic) bond motifs is 4. The monoisotopic (exact) mass is 332 g/mol. The molecule has 0 saturated heterocycles. The molecule has 2 aromatic carbocycles. The van der Waals surface area contributed by atoms with Gasteiger partial charge in [-0.1, -0.05) is 36.4 Å². The fourth-order valence-electron chi connectivity index (χ4n) is 3.92. The van der Waals surface area contributed by atoms with Gasteiger partial charge in [0.05, 0.1) is 12.2 Å². The number of nitrogens with two attached hydrogens (primary N) is 1. The number of benzene rings is 2. The van der Waals surface area contributed by atoms with Gasteiger partial charge in [-0.05, 0) is 17.7 Å². The number of nitrogen functional groups attached to an aromatic ring is 1. The highest BCUT2D eigenvalue weighted by Crippen LogP contribution is 2.52. The first-order chi connectivity index (χ1) is 12.2. The summed E-state index contributed by atoms with van der Waals surface area (Å²) in [7, 11) is 0. The molecule has 6 nitrogen and oxygen atoms in total. The van der Waals surface area contributed by atoms with Crippen LogP contribution in [-0.4, -0.2) is 22.7 Å². The molecule has 2 aliphatic rings. The summed E-state index contributed by atoms with van der Waals surface area (Å²) in [6, 6.07) is 17.4. The minimum absolute atomic E-state index is 0.0202. The second-order valence-corrected chi connectivity index (χ2v) is 6.42. The summed E-state index contributed by atoms with van der Waals surface area (Å²) in [6.07, 6.45) is 0. The first-order valence-electron chi connectivity index (χ1n) is 8.14. The lowest BCUT2D eigenvalue weighted by molar-refractivity contribution is -0.122. The second-order valence-electron chi connectivity index (χ2n) is 6.42. The summed E-state index contributed by atoms with van der Waals surface area (Å²) >= 11 is 0. The van der Waals surface area contributed by atoms with Crippen LogP contribution in [0.15, 0.2) is 54.6 Å². The minimum Gasteiger partial charge on any atom is -0.491 e. The zero-order chi connectivity index (χ0) is 17.0. The smallest absolute Gasteiger partial charge is 0.246 e. The van der Waals surface area contributed by atoms with E-state index in [0.717, 1.165) is 28.3 Å². The maximum Gasteiger partial charge on any atom is 0.246 e. The van der Waals surface area contributed by atoms with Crippen molar-refractivity contribution in [3.63, 3.8) is 0 Å². The number of nitrogens with zero attached hydrogens (tertiary/aromatic N) is 2. The summed E-state index contributed by atoms with van der Waals surface area (Å²) in [6.45, 7) is 0.716. The van der Waals surface area contributed by atoms with Gasteiger partial charge in [-0.15, -0.1) is 0 Å². The molecule has 5 rings (SSSR count). The quantitative estimate of drug-likeness (QED) is 0.753. The third-order valence-electron chi connectivity index (χ3n) is 5.04. The van der Waals surface area contributed by atoms with Crippen LogP contribution in [0.5, 0.6) is 5.75 Å². The van der Waals surface area contributed by atoms with Crippen molar-refractivity contribution in [2.24, 2.45) is 0 Å². The average Bonchev–Trinajstić information content (AvgIpc) is 3.29. The van der Waals surface area contributed by atoms with E-state index in [2.05, 4.69) is 10.2 Å². The molecule has 2 aliphatic heterocycles. The molecular weight excluding hydrogens is 316 g/mol. The first kappa shape index (κ1) is 14.1. The normalized spacial score (nSPS) is 20.6. The molecule has 3 heterocycles. The number of hydrogen-bond donors (Lipinski definition) is 2. The number of aromatic amines is 1. The Bertz CT molecular complexity index is 996. The Morgan fingerprint density at radius 1 is 1.16 bits per heavy atom. The third-order valence-corrected chi connectivity index (χ3v) is 5.04. The number of rotatable bonds is 2. The number of carbonyl (C=O) groups excluding carboxylic acids is 1. The van der Waals surface area contributed by atoms with Crippen LogP contribution in [0.3, 0.4) is 0 Å². The highest BCUT2D eigenvalue weighted by Gasteiger charge is 2.56. The molecule has 124 valence electrons. The van der Waals surface area contributed by atoms with Gasteiger partial charge in [0.1, 0.15) is 23.6 Å². The van der Waals surface area contributed by atoms with Gasteiger partial charge in [-0.3, -0.25) is 9.89 Å². The zero-order valence-electron chi connectivity index (χ0n) is 13.4. The molecule has 25 heavy (non-hydrogen) atoms. The number of anilines is 2. The number of amides is 1. The van der Waals surface area contributed by atoms with E-state index in [9.17, 15) is 4.79 Å². The number of para-hydroxylation sites is 2. The van der Waals surface area contributed by atoms with Crippen molar-refractivity contribution in [3.05, 3.63) is 71.4 Å². The molecule has 1 amide bonds. The van der Waals surface area contributed by atoms with Gasteiger partial charge in [0.25, 0.3) is 0 Å². The van der Waals surface area contributed by atoms with E-state index in [1.807, 2.05) is 48.5 Å². The Hall–Kier alpha value is -3.28. The summed E-state index contributed by atoms with van der Waals surface area (Å²) in [5, 5.41) is 6.84. The number of nitrogens with one attached hydrogen (secondary N) is 1. The lowest BCUT2D eigenvalue weighted by atomic mass is 9.77. The predicted octanol–water partition coefficient (Wildman–Crippen LogP) is 2.22. The van der Waals surface area contributed by atoms with E-state index in [0.29, 0.717) is 19.0 Å². The van der Waals surface area contributed by atoms with Gasteiger partial charge in [-0.25, -0.2) is 0 Å². The van der Waals surface area contributed by atoms with Gasteiger partial charge < -0.3 is 15.4 Å². The Labute approximate surface area is 144 Å². The van der Waals surface area contributed by atoms with Crippen LogP contribution in [0.25, 0.3) is 0 Å². The summed E-state index contributed by atoms with van der Waals surface area (Å²) in [5.41, 5.74) is 8.53. The summed E-state index contributed by atoms with van der Waals surface area (Å²) in [4.78, 5) is 15.3. The molecule has 1 spiro atoms. The molecular formula is C19H16N4O2. The van der Waals surface area contributed by atoms with Crippen molar-refractivity contribution in [1.82, 2.24) is 10.2 Å². The lowest BCUT2D eigenvalue weighted by Gasteiger charge is -2.22. The number of H-pyrrole nitrogens is 1. The maximum atomic E-state index is 13.5. The Morgan fingerprint density at radius 2 is 1.92 bits per heavy atom. The lowest BCUT2D eigenvalue weighted by Crippen LogP contribution is -2.42. The molecule has 6 heteroatoms. The number of aromatic nitrogens is 2. The molecule has 0 aliphatic carbocycles. The minimum atomic E-state index is -0.779. The molecule has 0 radical (unpaired) electrons. The molecule has 1 atom stereocenters. The molecule has 0 bridgehead atoms. The van der Waals surface area contributed by atoms with Gasteiger partial charge in [-0.2, -0.15) is 5.10 Å². The van der Waals surface area contributed by atoms with Crippen molar-refractivity contribution >= 4 is 17.4 Å². The van der Waals surface area contributed by atoms with E-state index in [-0.39, 0.29) is 5.91 Å². The first-order valence-corrected chi connectivity index (χ1v) is 8.14. The Kier molecular flexibility index (Phi) is 2.74. The van der Waals surface area contributed by atoms with E-state index in [1.54, 1.807) is 11.0 Å². The van der Waals surface area contributed by atoms with Crippen LogP contribution in [0.1, 0.15) is 16.8 Å². The maximum absolute atomic E-state index is 13.5. The van der Waals surface area contributed by atoms with Crippen LogP contribution in [0.4, 0.5) is 11.5 Å². The van der Waals surface area contributed by atoms with Crippen molar-refractivity contribution in [2.75, 3.05) is 17.2 Å².